The zero-order valence-corrected chi connectivity index (χ0v) is 16.0. The molecule has 3 aromatic carbocycles. The Bertz CT molecular complexity index is 925. The van der Waals surface area contributed by atoms with Crippen molar-refractivity contribution in [2.24, 2.45) is 0 Å². The van der Waals surface area contributed by atoms with E-state index in [9.17, 15) is 4.79 Å². The standard InChI is InChI=1S/C23H23NO4/c1-3-27-22-12-8-7-11-20(22)24-23(25)17-13-14-21(26-2)18(15-17)16-28-19-9-5-4-6-10-19/h4-15H,3,16H2,1-2H3,(H,24,25). The molecule has 0 unspecified atom stereocenters. The molecule has 3 aromatic rings. The van der Waals surface area contributed by atoms with Crippen LogP contribution in [0.1, 0.15) is 22.8 Å². The lowest BCUT2D eigenvalue weighted by Gasteiger charge is -2.14. The van der Waals surface area contributed by atoms with Crippen molar-refractivity contribution in [3.8, 4) is 17.2 Å². The third-order valence-electron chi connectivity index (χ3n) is 4.12. The molecule has 0 aliphatic heterocycles. The van der Waals surface area contributed by atoms with Gasteiger partial charge in [0.25, 0.3) is 5.91 Å². The van der Waals surface area contributed by atoms with Gasteiger partial charge in [0, 0.05) is 11.1 Å². The van der Waals surface area contributed by atoms with E-state index in [1.54, 1.807) is 25.3 Å². The van der Waals surface area contributed by atoms with E-state index >= 15 is 0 Å². The Kier molecular flexibility index (Phi) is 6.52. The second-order valence-electron chi connectivity index (χ2n) is 6.01. The quantitative estimate of drug-likeness (QED) is 0.605. The van der Waals surface area contributed by atoms with Gasteiger partial charge in [-0.05, 0) is 49.4 Å². The van der Waals surface area contributed by atoms with Gasteiger partial charge < -0.3 is 19.5 Å². The molecule has 3 rings (SSSR count). The van der Waals surface area contributed by atoms with Crippen molar-refractivity contribution >= 4 is 11.6 Å². The van der Waals surface area contributed by atoms with Crippen molar-refractivity contribution in [2.75, 3.05) is 19.0 Å². The van der Waals surface area contributed by atoms with Crippen LogP contribution in [-0.4, -0.2) is 19.6 Å². The number of amides is 1. The van der Waals surface area contributed by atoms with E-state index in [1.807, 2.05) is 61.5 Å². The third kappa shape index (κ3) is 4.82. The molecule has 0 saturated heterocycles. The zero-order chi connectivity index (χ0) is 19.8. The Morgan fingerprint density at radius 3 is 2.39 bits per heavy atom. The van der Waals surface area contributed by atoms with Gasteiger partial charge in [0.15, 0.2) is 0 Å². The highest BCUT2D eigenvalue weighted by atomic mass is 16.5. The van der Waals surface area contributed by atoms with Gasteiger partial charge in [0.05, 0.1) is 19.4 Å². The maximum atomic E-state index is 12.7. The molecule has 0 atom stereocenters. The number of methoxy groups -OCH3 is 1. The summed E-state index contributed by atoms with van der Waals surface area (Å²) in [6, 6.07) is 22.1. The average molecular weight is 377 g/mol. The fraction of sp³-hybridized carbons (Fsp3) is 0.174. The van der Waals surface area contributed by atoms with Gasteiger partial charge >= 0.3 is 0 Å². The number of para-hydroxylation sites is 3. The van der Waals surface area contributed by atoms with Crippen LogP contribution < -0.4 is 19.5 Å². The molecule has 0 aliphatic carbocycles. The Balaban J connectivity index is 1.77. The molecule has 144 valence electrons. The zero-order valence-electron chi connectivity index (χ0n) is 16.0. The topological polar surface area (TPSA) is 56.8 Å². The van der Waals surface area contributed by atoms with Crippen molar-refractivity contribution in [2.45, 2.75) is 13.5 Å². The summed E-state index contributed by atoms with van der Waals surface area (Å²) < 4.78 is 16.8. The predicted octanol–water partition coefficient (Wildman–Crippen LogP) is 4.93. The first-order chi connectivity index (χ1) is 13.7. The summed E-state index contributed by atoms with van der Waals surface area (Å²) in [6.07, 6.45) is 0. The normalized spacial score (nSPS) is 10.2. The summed E-state index contributed by atoms with van der Waals surface area (Å²) in [5.74, 6) is 1.84. The summed E-state index contributed by atoms with van der Waals surface area (Å²) in [5.41, 5.74) is 1.93. The number of rotatable bonds is 8. The molecule has 0 spiro atoms. The van der Waals surface area contributed by atoms with E-state index in [0.29, 0.717) is 36.0 Å². The summed E-state index contributed by atoms with van der Waals surface area (Å²) >= 11 is 0. The predicted molar refractivity (Wildman–Crippen MR) is 109 cm³/mol. The fourth-order valence-electron chi connectivity index (χ4n) is 2.76. The SMILES string of the molecule is CCOc1ccccc1NC(=O)c1ccc(OC)c(COc2ccccc2)c1. The second kappa shape index (κ2) is 9.46. The molecular formula is C23H23NO4. The van der Waals surface area contributed by atoms with E-state index in [4.69, 9.17) is 14.2 Å². The Morgan fingerprint density at radius 2 is 1.64 bits per heavy atom. The van der Waals surface area contributed by atoms with Crippen LogP contribution in [0.15, 0.2) is 72.8 Å². The number of hydrogen-bond acceptors (Lipinski definition) is 4. The number of nitrogens with one attached hydrogen (secondary N) is 1. The molecule has 5 nitrogen and oxygen atoms in total. The van der Waals surface area contributed by atoms with Crippen LogP contribution in [0.3, 0.4) is 0 Å². The van der Waals surface area contributed by atoms with Crippen molar-refractivity contribution < 1.29 is 19.0 Å². The van der Waals surface area contributed by atoms with Crippen molar-refractivity contribution in [3.05, 3.63) is 83.9 Å². The average Bonchev–Trinajstić information content (AvgIpc) is 2.74. The minimum absolute atomic E-state index is 0.226. The van der Waals surface area contributed by atoms with Crippen LogP contribution >= 0.6 is 0 Å². The van der Waals surface area contributed by atoms with Crippen molar-refractivity contribution in [1.82, 2.24) is 0 Å². The van der Waals surface area contributed by atoms with Crippen LogP contribution in [0.2, 0.25) is 0 Å². The minimum atomic E-state index is -0.226. The van der Waals surface area contributed by atoms with Crippen LogP contribution in [0.5, 0.6) is 17.2 Å². The molecule has 28 heavy (non-hydrogen) atoms. The number of ether oxygens (including phenoxy) is 3. The molecule has 0 aliphatic rings. The molecular weight excluding hydrogens is 354 g/mol. The van der Waals surface area contributed by atoms with Crippen LogP contribution in [-0.2, 0) is 6.61 Å². The first kappa shape index (κ1) is 19.3. The van der Waals surface area contributed by atoms with E-state index in [1.165, 1.54) is 0 Å². The lowest BCUT2D eigenvalue weighted by atomic mass is 10.1. The highest BCUT2D eigenvalue weighted by Gasteiger charge is 2.13. The maximum absolute atomic E-state index is 12.7. The number of carbonyl (C=O) groups is 1. The number of carbonyl (C=O) groups excluding carboxylic acids is 1. The first-order valence-corrected chi connectivity index (χ1v) is 9.09. The molecule has 0 aromatic heterocycles. The van der Waals surface area contributed by atoms with Gasteiger partial charge in [0.1, 0.15) is 23.9 Å². The monoisotopic (exact) mass is 377 g/mol. The van der Waals surface area contributed by atoms with Crippen LogP contribution in [0, 0.1) is 0 Å². The summed E-state index contributed by atoms with van der Waals surface area (Å²) in [4.78, 5) is 12.7. The molecule has 5 heteroatoms. The van der Waals surface area contributed by atoms with Crippen LogP contribution in [0.25, 0.3) is 0 Å². The van der Waals surface area contributed by atoms with Gasteiger partial charge in [-0.2, -0.15) is 0 Å². The smallest absolute Gasteiger partial charge is 0.255 e. The number of benzene rings is 3. The molecule has 0 fully saturated rings. The third-order valence-corrected chi connectivity index (χ3v) is 4.12. The molecule has 0 bridgehead atoms. The second-order valence-corrected chi connectivity index (χ2v) is 6.01. The molecule has 1 amide bonds. The Morgan fingerprint density at radius 1 is 0.893 bits per heavy atom. The molecule has 0 saturated carbocycles. The Hall–Kier alpha value is -3.47. The number of hydrogen-bond donors (Lipinski definition) is 1. The van der Waals surface area contributed by atoms with E-state index < -0.39 is 0 Å². The van der Waals surface area contributed by atoms with Gasteiger partial charge in [-0.15, -0.1) is 0 Å². The van der Waals surface area contributed by atoms with E-state index in [2.05, 4.69) is 5.32 Å². The summed E-state index contributed by atoms with van der Waals surface area (Å²) in [7, 11) is 1.60. The highest BCUT2D eigenvalue weighted by Crippen LogP contribution is 2.26. The lowest BCUT2D eigenvalue weighted by Crippen LogP contribution is -2.13. The van der Waals surface area contributed by atoms with Gasteiger partial charge in [0.2, 0.25) is 0 Å². The summed E-state index contributed by atoms with van der Waals surface area (Å²) in [5, 5.41) is 2.90. The van der Waals surface area contributed by atoms with E-state index in [-0.39, 0.29) is 5.91 Å². The first-order valence-electron chi connectivity index (χ1n) is 9.09. The minimum Gasteiger partial charge on any atom is -0.496 e. The molecule has 1 N–H and O–H groups in total. The number of anilines is 1. The van der Waals surface area contributed by atoms with Gasteiger partial charge in [-0.25, -0.2) is 0 Å². The van der Waals surface area contributed by atoms with Crippen molar-refractivity contribution in [3.63, 3.8) is 0 Å². The molecule has 0 heterocycles. The van der Waals surface area contributed by atoms with Crippen LogP contribution in [0.4, 0.5) is 5.69 Å². The Labute approximate surface area is 164 Å². The highest BCUT2D eigenvalue weighted by molar-refractivity contribution is 6.05. The summed E-state index contributed by atoms with van der Waals surface area (Å²) in [6.45, 7) is 2.72. The largest absolute Gasteiger partial charge is 0.496 e. The van der Waals surface area contributed by atoms with Crippen molar-refractivity contribution in [1.29, 1.82) is 0 Å². The molecule has 0 radical (unpaired) electrons. The lowest BCUT2D eigenvalue weighted by molar-refractivity contribution is 0.102. The van der Waals surface area contributed by atoms with E-state index in [0.717, 1.165) is 11.3 Å². The van der Waals surface area contributed by atoms with Gasteiger partial charge in [-0.1, -0.05) is 30.3 Å². The van der Waals surface area contributed by atoms with Gasteiger partial charge in [-0.3, -0.25) is 4.79 Å². The fourth-order valence-corrected chi connectivity index (χ4v) is 2.76. The maximum Gasteiger partial charge on any atom is 0.255 e.